The zero-order valence-electron chi connectivity index (χ0n) is 13.8. The van der Waals surface area contributed by atoms with Crippen LogP contribution in [0.1, 0.15) is 16.1 Å². The fraction of sp³-hybridized carbons (Fsp3) is 0.333. The summed E-state index contributed by atoms with van der Waals surface area (Å²) >= 11 is 1.41. The van der Waals surface area contributed by atoms with Gasteiger partial charge >= 0.3 is 0 Å². The first-order chi connectivity index (χ1) is 12.0. The highest BCUT2D eigenvalue weighted by Gasteiger charge is 2.22. The maximum Gasteiger partial charge on any atom is 0.263 e. The molecule has 0 radical (unpaired) electrons. The number of hydrogen-bond donors (Lipinski definition) is 1. The molecule has 0 saturated carbocycles. The molecule has 0 spiro atoms. The van der Waals surface area contributed by atoms with Crippen molar-refractivity contribution in [2.24, 2.45) is 5.73 Å². The summed E-state index contributed by atoms with van der Waals surface area (Å²) in [6.07, 6.45) is 0.815. The first-order valence-corrected chi connectivity index (χ1v) is 9.00. The number of nitrogens with two attached hydrogens (primary N) is 1. The van der Waals surface area contributed by atoms with Crippen molar-refractivity contribution in [1.29, 1.82) is 0 Å². The summed E-state index contributed by atoms with van der Waals surface area (Å²) in [5.41, 5.74) is 6.14. The summed E-state index contributed by atoms with van der Waals surface area (Å²) in [6.45, 7) is 2.88. The van der Waals surface area contributed by atoms with Gasteiger partial charge in [-0.1, -0.05) is 12.1 Å². The zero-order valence-corrected chi connectivity index (χ0v) is 14.6. The van der Waals surface area contributed by atoms with E-state index >= 15 is 0 Å². The molecule has 1 fully saturated rings. The number of rotatable bonds is 4. The zero-order chi connectivity index (χ0) is 17.8. The molecule has 0 atom stereocenters. The summed E-state index contributed by atoms with van der Waals surface area (Å²) < 4.78 is 13.0. The molecule has 2 aromatic rings. The number of primary amides is 1. The van der Waals surface area contributed by atoms with Crippen LogP contribution in [0.15, 0.2) is 36.4 Å². The molecule has 2 amide bonds. The van der Waals surface area contributed by atoms with Crippen molar-refractivity contribution in [3.8, 4) is 10.4 Å². The Morgan fingerprint density at radius 1 is 1.04 bits per heavy atom. The third-order valence-electron chi connectivity index (χ3n) is 4.20. The molecule has 1 aliphatic rings. The average molecular weight is 361 g/mol. The largest absolute Gasteiger partial charge is 0.369 e. The van der Waals surface area contributed by atoms with Crippen LogP contribution >= 0.6 is 11.3 Å². The van der Waals surface area contributed by atoms with Crippen molar-refractivity contribution in [2.75, 3.05) is 32.7 Å². The Balaban J connectivity index is 1.67. The van der Waals surface area contributed by atoms with Crippen LogP contribution in [0.25, 0.3) is 10.4 Å². The van der Waals surface area contributed by atoms with Gasteiger partial charge in [0.1, 0.15) is 5.82 Å². The van der Waals surface area contributed by atoms with E-state index in [1.165, 1.54) is 23.5 Å². The third kappa shape index (κ3) is 4.43. The second-order valence-corrected chi connectivity index (χ2v) is 7.14. The van der Waals surface area contributed by atoms with Gasteiger partial charge in [-0.25, -0.2) is 4.39 Å². The fourth-order valence-corrected chi connectivity index (χ4v) is 3.91. The Labute approximate surface area is 149 Å². The predicted molar refractivity (Wildman–Crippen MR) is 95.9 cm³/mol. The monoisotopic (exact) mass is 361 g/mol. The molecule has 3 rings (SSSR count). The predicted octanol–water partition coefficient (Wildman–Crippen LogP) is 2.19. The Morgan fingerprint density at radius 3 is 2.52 bits per heavy atom. The van der Waals surface area contributed by atoms with Gasteiger partial charge in [0.05, 0.1) is 11.4 Å². The van der Waals surface area contributed by atoms with Gasteiger partial charge in [-0.2, -0.15) is 0 Å². The number of carbonyl (C=O) groups is 2. The topological polar surface area (TPSA) is 66.6 Å². The lowest BCUT2D eigenvalue weighted by molar-refractivity contribution is -0.119. The highest BCUT2D eigenvalue weighted by atomic mass is 32.1. The van der Waals surface area contributed by atoms with Gasteiger partial charge in [-0.3, -0.25) is 14.5 Å². The molecule has 0 aliphatic carbocycles. The van der Waals surface area contributed by atoms with Crippen molar-refractivity contribution in [2.45, 2.75) is 6.42 Å². The van der Waals surface area contributed by atoms with Crippen molar-refractivity contribution >= 4 is 23.2 Å². The molecule has 1 aromatic carbocycles. The van der Waals surface area contributed by atoms with E-state index in [2.05, 4.69) is 0 Å². The normalized spacial score (nSPS) is 15.8. The number of nitrogens with zero attached hydrogens (tertiary/aromatic N) is 2. The SMILES string of the molecule is NC(=O)CN1CCCN(C(=O)c2ccc(-c3ccc(F)cc3)s2)CC1. The molecule has 0 bridgehead atoms. The minimum atomic E-state index is -0.345. The number of thiophene rings is 1. The highest BCUT2D eigenvalue weighted by molar-refractivity contribution is 7.17. The van der Waals surface area contributed by atoms with Gasteiger partial charge in [0.25, 0.3) is 5.91 Å². The van der Waals surface area contributed by atoms with E-state index in [1.807, 2.05) is 21.9 Å². The summed E-state index contributed by atoms with van der Waals surface area (Å²) in [5.74, 6) is -0.622. The Kier molecular flexibility index (Phi) is 5.45. The smallest absolute Gasteiger partial charge is 0.263 e. The van der Waals surface area contributed by atoms with E-state index in [9.17, 15) is 14.0 Å². The van der Waals surface area contributed by atoms with Gasteiger partial charge in [-0.15, -0.1) is 11.3 Å². The highest BCUT2D eigenvalue weighted by Crippen LogP contribution is 2.29. The Hall–Kier alpha value is -2.25. The number of amides is 2. The van der Waals surface area contributed by atoms with E-state index in [0.717, 1.165) is 23.4 Å². The van der Waals surface area contributed by atoms with Crippen molar-refractivity contribution < 1.29 is 14.0 Å². The lowest BCUT2D eigenvalue weighted by Crippen LogP contribution is -2.38. The minimum Gasteiger partial charge on any atom is -0.369 e. The van der Waals surface area contributed by atoms with Crippen LogP contribution in [0.2, 0.25) is 0 Å². The molecule has 0 unspecified atom stereocenters. The van der Waals surface area contributed by atoms with E-state index in [4.69, 9.17) is 5.73 Å². The number of benzene rings is 1. The quantitative estimate of drug-likeness (QED) is 0.908. The molecule has 1 aliphatic heterocycles. The van der Waals surface area contributed by atoms with Crippen LogP contribution in [-0.4, -0.2) is 54.3 Å². The average Bonchev–Trinajstić information content (AvgIpc) is 2.96. The van der Waals surface area contributed by atoms with Gasteiger partial charge in [-0.05, 0) is 36.2 Å². The second kappa shape index (κ2) is 7.76. The molecular weight excluding hydrogens is 341 g/mol. The lowest BCUT2D eigenvalue weighted by atomic mass is 10.2. The molecule has 1 aromatic heterocycles. The number of hydrogen-bond acceptors (Lipinski definition) is 4. The first-order valence-electron chi connectivity index (χ1n) is 8.18. The molecule has 2 N–H and O–H groups in total. The number of halogens is 1. The van der Waals surface area contributed by atoms with Crippen LogP contribution in [0, 0.1) is 5.82 Å². The van der Waals surface area contributed by atoms with Crippen LogP contribution in [0.4, 0.5) is 4.39 Å². The number of carbonyl (C=O) groups excluding carboxylic acids is 2. The third-order valence-corrected chi connectivity index (χ3v) is 5.32. The molecule has 7 heteroatoms. The van der Waals surface area contributed by atoms with E-state index in [0.29, 0.717) is 24.5 Å². The van der Waals surface area contributed by atoms with Gasteiger partial charge in [0.15, 0.2) is 0 Å². The second-order valence-electron chi connectivity index (χ2n) is 6.06. The molecule has 2 heterocycles. The van der Waals surface area contributed by atoms with Crippen molar-refractivity contribution in [3.63, 3.8) is 0 Å². The first kappa shape index (κ1) is 17.6. The van der Waals surface area contributed by atoms with Gasteiger partial charge < -0.3 is 10.6 Å². The maximum absolute atomic E-state index is 13.0. The summed E-state index contributed by atoms with van der Waals surface area (Å²) in [7, 11) is 0. The van der Waals surface area contributed by atoms with Crippen molar-refractivity contribution in [1.82, 2.24) is 9.80 Å². The molecular formula is C18H20FN3O2S. The van der Waals surface area contributed by atoms with Crippen LogP contribution in [0.5, 0.6) is 0 Å². The fourth-order valence-electron chi connectivity index (χ4n) is 2.93. The Morgan fingerprint density at radius 2 is 1.80 bits per heavy atom. The standard InChI is InChI=1S/C18H20FN3O2S/c19-14-4-2-13(3-5-14)15-6-7-16(25-15)18(24)22-9-1-8-21(10-11-22)12-17(20)23/h2-7H,1,8-12H2,(H2,20,23). The van der Waals surface area contributed by atoms with Crippen LogP contribution in [-0.2, 0) is 4.79 Å². The molecule has 5 nitrogen and oxygen atoms in total. The van der Waals surface area contributed by atoms with Gasteiger partial charge in [0.2, 0.25) is 5.91 Å². The van der Waals surface area contributed by atoms with Gasteiger partial charge in [0, 0.05) is 31.1 Å². The lowest BCUT2D eigenvalue weighted by Gasteiger charge is -2.20. The van der Waals surface area contributed by atoms with E-state index in [1.54, 1.807) is 12.1 Å². The van der Waals surface area contributed by atoms with Crippen LogP contribution < -0.4 is 5.73 Å². The van der Waals surface area contributed by atoms with Crippen LogP contribution in [0.3, 0.4) is 0 Å². The van der Waals surface area contributed by atoms with E-state index in [-0.39, 0.29) is 24.2 Å². The van der Waals surface area contributed by atoms with Crippen molar-refractivity contribution in [3.05, 3.63) is 47.1 Å². The minimum absolute atomic E-state index is 0.000660. The summed E-state index contributed by atoms with van der Waals surface area (Å²) in [5, 5.41) is 0. The summed E-state index contributed by atoms with van der Waals surface area (Å²) in [4.78, 5) is 29.2. The molecule has 25 heavy (non-hydrogen) atoms. The Bertz CT molecular complexity index is 760. The summed E-state index contributed by atoms with van der Waals surface area (Å²) in [6, 6.07) is 9.96. The molecule has 1 saturated heterocycles. The van der Waals surface area contributed by atoms with E-state index < -0.39 is 0 Å². The molecule has 132 valence electrons. The maximum atomic E-state index is 13.0.